The fourth-order valence-electron chi connectivity index (χ4n) is 2.09. The van der Waals surface area contributed by atoms with Crippen molar-refractivity contribution in [1.82, 2.24) is 14.7 Å². The molecule has 2 rings (SSSR count). The van der Waals surface area contributed by atoms with Gasteiger partial charge in [0, 0.05) is 26.3 Å². The fraction of sp³-hybridized carbons (Fsp3) is 0.267. The van der Waals surface area contributed by atoms with Crippen LogP contribution in [0.15, 0.2) is 30.5 Å². The van der Waals surface area contributed by atoms with Gasteiger partial charge in [0.1, 0.15) is 5.69 Å². The number of hydrogen-bond donors (Lipinski definition) is 1. The Morgan fingerprint density at radius 1 is 1.26 bits per heavy atom. The summed E-state index contributed by atoms with van der Waals surface area (Å²) < 4.78 is 27.6. The first-order valence-corrected chi connectivity index (χ1v) is 6.81. The van der Waals surface area contributed by atoms with Gasteiger partial charge in [0.2, 0.25) is 0 Å². The number of carboxylic acids is 1. The molecule has 0 aliphatic carbocycles. The third kappa shape index (κ3) is 4.12. The molecule has 0 aliphatic heterocycles. The van der Waals surface area contributed by atoms with Crippen molar-refractivity contribution >= 4 is 11.9 Å². The van der Waals surface area contributed by atoms with Crippen molar-refractivity contribution in [3.05, 3.63) is 53.4 Å². The Labute approximate surface area is 130 Å². The van der Waals surface area contributed by atoms with Crippen LogP contribution in [0.5, 0.6) is 0 Å². The fourth-order valence-corrected chi connectivity index (χ4v) is 2.09. The molecule has 1 aromatic heterocycles. The number of nitrogens with zero attached hydrogens (tertiary/aromatic N) is 3. The Balaban J connectivity index is 2.22. The minimum Gasteiger partial charge on any atom is -0.481 e. The summed E-state index contributed by atoms with van der Waals surface area (Å²) in [6.45, 7) is -0.0904. The Morgan fingerprint density at radius 3 is 2.57 bits per heavy atom. The van der Waals surface area contributed by atoms with Crippen molar-refractivity contribution in [2.24, 2.45) is 7.05 Å². The molecule has 0 unspecified atom stereocenters. The summed E-state index contributed by atoms with van der Waals surface area (Å²) >= 11 is 0. The molecular formula is C15H15F2N3O3. The zero-order valence-electron chi connectivity index (χ0n) is 12.4. The standard InChI is InChI=1S/C15H15F2N3O3/c1-19-13(4-6-18-19)15(23)20(7-5-14(21)22)9-10-2-3-11(16)12(17)8-10/h2-4,6,8H,5,7,9H2,1H3,(H,21,22). The number of carbonyl (C=O) groups excluding carboxylic acids is 1. The predicted octanol–water partition coefficient (Wildman–Crippen LogP) is 1.82. The van der Waals surface area contributed by atoms with Gasteiger partial charge in [-0.2, -0.15) is 5.10 Å². The van der Waals surface area contributed by atoms with Gasteiger partial charge in [0.05, 0.1) is 6.42 Å². The third-order valence-electron chi connectivity index (χ3n) is 3.28. The molecule has 8 heteroatoms. The highest BCUT2D eigenvalue weighted by molar-refractivity contribution is 5.92. The second-order valence-corrected chi connectivity index (χ2v) is 4.96. The molecular weight excluding hydrogens is 308 g/mol. The first kappa shape index (κ1) is 16.6. The highest BCUT2D eigenvalue weighted by Gasteiger charge is 2.20. The summed E-state index contributed by atoms with van der Waals surface area (Å²) in [6.07, 6.45) is 1.19. The Morgan fingerprint density at radius 2 is 2.00 bits per heavy atom. The van der Waals surface area contributed by atoms with Crippen LogP contribution in [0.1, 0.15) is 22.5 Å². The van der Waals surface area contributed by atoms with Crippen LogP contribution in [0.25, 0.3) is 0 Å². The van der Waals surface area contributed by atoms with Crippen molar-refractivity contribution < 1.29 is 23.5 Å². The summed E-state index contributed by atoms with van der Waals surface area (Å²) in [7, 11) is 1.58. The topological polar surface area (TPSA) is 75.4 Å². The molecule has 2 aromatic rings. The second-order valence-electron chi connectivity index (χ2n) is 4.96. The van der Waals surface area contributed by atoms with E-state index >= 15 is 0 Å². The molecule has 0 spiro atoms. The maximum atomic E-state index is 13.3. The Kier molecular flexibility index (Phi) is 5.05. The van der Waals surface area contributed by atoms with Gasteiger partial charge in [-0.15, -0.1) is 0 Å². The van der Waals surface area contributed by atoms with Gasteiger partial charge < -0.3 is 10.0 Å². The lowest BCUT2D eigenvalue weighted by atomic mass is 10.2. The average Bonchev–Trinajstić information content (AvgIpc) is 2.92. The van der Waals surface area contributed by atoms with Crippen LogP contribution in [-0.2, 0) is 18.4 Å². The van der Waals surface area contributed by atoms with E-state index in [0.717, 1.165) is 12.1 Å². The maximum Gasteiger partial charge on any atom is 0.305 e. The van der Waals surface area contributed by atoms with Gasteiger partial charge in [0.15, 0.2) is 11.6 Å². The van der Waals surface area contributed by atoms with E-state index in [1.165, 1.54) is 27.9 Å². The minimum atomic E-state index is -1.06. The van der Waals surface area contributed by atoms with Crippen LogP contribution in [0.3, 0.4) is 0 Å². The lowest BCUT2D eigenvalue weighted by Gasteiger charge is -2.22. The maximum absolute atomic E-state index is 13.3. The zero-order valence-corrected chi connectivity index (χ0v) is 12.4. The van der Waals surface area contributed by atoms with Crippen molar-refractivity contribution in [1.29, 1.82) is 0 Å². The van der Waals surface area contributed by atoms with Crippen molar-refractivity contribution in [2.75, 3.05) is 6.54 Å². The highest BCUT2D eigenvalue weighted by atomic mass is 19.2. The van der Waals surface area contributed by atoms with E-state index in [-0.39, 0.29) is 25.2 Å². The quantitative estimate of drug-likeness (QED) is 0.880. The predicted molar refractivity (Wildman–Crippen MR) is 76.6 cm³/mol. The first-order chi connectivity index (χ1) is 10.9. The smallest absolute Gasteiger partial charge is 0.305 e. The molecule has 0 bridgehead atoms. The summed E-state index contributed by atoms with van der Waals surface area (Å²) in [6, 6.07) is 4.80. The number of hydrogen-bond acceptors (Lipinski definition) is 3. The molecule has 0 radical (unpaired) electrons. The monoisotopic (exact) mass is 323 g/mol. The van der Waals surface area contributed by atoms with Crippen molar-refractivity contribution in [2.45, 2.75) is 13.0 Å². The van der Waals surface area contributed by atoms with Gasteiger partial charge in [-0.3, -0.25) is 14.3 Å². The zero-order chi connectivity index (χ0) is 17.0. The van der Waals surface area contributed by atoms with E-state index in [1.807, 2.05) is 0 Å². The average molecular weight is 323 g/mol. The van der Waals surface area contributed by atoms with Crippen LogP contribution in [0.4, 0.5) is 8.78 Å². The molecule has 122 valence electrons. The number of carbonyl (C=O) groups is 2. The van der Waals surface area contributed by atoms with Crippen LogP contribution in [-0.4, -0.2) is 38.2 Å². The van der Waals surface area contributed by atoms with Gasteiger partial charge in [-0.05, 0) is 23.8 Å². The molecule has 0 atom stereocenters. The summed E-state index contributed by atoms with van der Waals surface area (Å²) in [4.78, 5) is 24.5. The molecule has 1 amide bonds. The highest BCUT2D eigenvalue weighted by Crippen LogP contribution is 2.13. The van der Waals surface area contributed by atoms with Crippen LogP contribution in [0, 0.1) is 11.6 Å². The van der Waals surface area contributed by atoms with Crippen LogP contribution >= 0.6 is 0 Å². The van der Waals surface area contributed by atoms with Crippen LogP contribution < -0.4 is 0 Å². The summed E-state index contributed by atoms with van der Waals surface area (Å²) in [5.74, 6) is -3.49. The number of aliphatic carboxylic acids is 1. The van der Waals surface area contributed by atoms with E-state index in [4.69, 9.17) is 5.11 Å². The number of amides is 1. The van der Waals surface area contributed by atoms with E-state index in [1.54, 1.807) is 7.05 Å². The number of halogens is 2. The molecule has 23 heavy (non-hydrogen) atoms. The third-order valence-corrected chi connectivity index (χ3v) is 3.28. The molecule has 0 fully saturated rings. The molecule has 0 saturated heterocycles. The lowest BCUT2D eigenvalue weighted by Crippen LogP contribution is -2.34. The normalized spacial score (nSPS) is 10.6. The largest absolute Gasteiger partial charge is 0.481 e. The van der Waals surface area contributed by atoms with Gasteiger partial charge in [0.25, 0.3) is 5.91 Å². The SMILES string of the molecule is Cn1nccc1C(=O)N(CCC(=O)O)Cc1ccc(F)c(F)c1. The second kappa shape index (κ2) is 6.99. The van der Waals surface area contributed by atoms with Crippen LogP contribution in [0.2, 0.25) is 0 Å². The van der Waals surface area contributed by atoms with E-state index in [9.17, 15) is 18.4 Å². The summed E-state index contributed by atoms with van der Waals surface area (Å²) in [5, 5.41) is 12.7. The number of aromatic nitrogens is 2. The lowest BCUT2D eigenvalue weighted by molar-refractivity contribution is -0.137. The molecule has 0 saturated carbocycles. The number of benzene rings is 1. The van der Waals surface area contributed by atoms with Crippen molar-refractivity contribution in [3.63, 3.8) is 0 Å². The van der Waals surface area contributed by atoms with Gasteiger partial charge >= 0.3 is 5.97 Å². The van der Waals surface area contributed by atoms with Gasteiger partial charge in [-0.1, -0.05) is 6.07 Å². The number of aryl methyl sites for hydroxylation is 1. The molecule has 0 aliphatic rings. The van der Waals surface area contributed by atoms with E-state index < -0.39 is 23.5 Å². The van der Waals surface area contributed by atoms with Gasteiger partial charge in [-0.25, -0.2) is 8.78 Å². The summed E-state index contributed by atoms with van der Waals surface area (Å²) in [5.41, 5.74) is 0.641. The molecule has 6 nitrogen and oxygen atoms in total. The molecule has 1 heterocycles. The van der Waals surface area contributed by atoms with E-state index in [2.05, 4.69) is 5.10 Å². The first-order valence-electron chi connectivity index (χ1n) is 6.81. The Bertz CT molecular complexity index is 731. The van der Waals surface area contributed by atoms with E-state index in [0.29, 0.717) is 5.56 Å². The Hall–Kier alpha value is -2.77. The molecule has 1 N–H and O–H groups in total. The number of rotatable bonds is 6. The molecule has 1 aromatic carbocycles. The number of carboxylic acid groups (broad SMARTS) is 1. The van der Waals surface area contributed by atoms with Crippen molar-refractivity contribution in [3.8, 4) is 0 Å². The minimum absolute atomic E-state index is 0.0332.